The Balaban J connectivity index is 0.00000161. The van der Waals surface area contributed by atoms with Crippen LogP contribution in [0.1, 0.15) is 18.4 Å². The maximum absolute atomic E-state index is 12.2. The second-order valence-electron chi connectivity index (χ2n) is 5.09. The minimum Gasteiger partial charge on any atom is -0.548 e. The maximum atomic E-state index is 12.2. The number of aliphatic carboxylic acids is 1. The normalized spacial score (nSPS) is 23.9. The van der Waals surface area contributed by atoms with Crippen LogP contribution in [0.15, 0.2) is 30.3 Å². The minimum atomic E-state index is -1.19. The molecule has 0 aliphatic carbocycles. The van der Waals surface area contributed by atoms with Crippen molar-refractivity contribution in [2.75, 3.05) is 6.54 Å². The van der Waals surface area contributed by atoms with E-state index in [2.05, 4.69) is 0 Å². The van der Waals surface area contributed by atoms with Crippen LogP contribution in [-0.4, -0.2) is 40.6 Å². The smallest absolute Gasteiger partial charge is 0.548 e. The average Bonchev–Trinajstić information content (AvgIpc) is 2.70. The number of carboxylic acid groups (broad SMARTS) is 1. The molecule has 0 N–H and O–H groups in total. The molecular formula is C14H15N2NaO4. The Morgan fingerprint density at radius 3 is 2.67 bits per heavy atom. The molecule has 2 unspecified atom stereocenters. The van der Waals surface area contributed by atoms with Gasteiger partial charge in [-0.1, -0.05) is 30.3 Å². The first-order valence-electron chi connectivity index (χ1n) is 6.64. The predicted octanol–water partition coefficient (Wildman–Crippen LogP) is -2.86. The number of carbonyl (C=O) groups is 2. The Kier molecular flexibility index (Phi) is 5.27. The standard InChI is InChI=1S/C14H16N2O4.Na/c17-13(18)12-7-6-11-8-15(12)14(19)16(11)20-9-10-4-2-1-3-5-10;/h1-5,11-12H,6-9H2,(H,17,18);/q;+1/p-1. The van der Waals surface area contributed by atoms with Crippen LogP contribution in [0.2, 0.25) is 0 Å². The van der Waals surface area contributed by atoms with Gasteiger partial charge in [-0.25, -0.2) is 4.79 Å². The van der Waals surface area contributed by atoms with Crippen LogP contribution in [0.5, 0.6) is 0 Å². The van der Waals surface area contributed by atoms with Crippen LogP contribution in [0.4, 0.5) is 4.79 Å². The fraction of sp³-hybridized carbons (Fsp3) is 0.429. The quantitative estimate of drug-likeness (QED) is 0.561. The number of carboxylic acids is 1. The Labute approximate surface area is 144 Å². The van der Waals surface area contributed by atoms with E-state index in [1.807, 2.05) is 30.3 Å². The number of amides is 2. The Hall–Kier alpha value is -1.08. The summed E-state index contributed by atoms with van der Waals surface area (Å²) in [5.41, 5.74) is 0.966. The number of nitrogens with zero attached hydrogens (tertiary/aromatic N) is 2. The number of hydrogen-bond donors (Lipinski definition) is 0. The van der Waals surface area contributed by atoms with Gasteiger partial charge in [-0.15, -0.1) is 0 Å². The van der Waals surface area contributed by atoms with Gasteiger partial charge in [0.2, 0.25) is 0 Å². The van der Waals surface area contributed by atoms with Gasteiger partial charge in [-0.3, -0.25) is 4.84 Å². The van der Waals surface area contributed by atoms with Gasteiger partial charge in [0, 0.05) is 6.54 Å². The summed E-state index contributed by atoms with van der Waals surface area (Å²) in [4.78, 5) is 30.1. The summed E-state index contributed by atoms with van der Waals surface area (Å²) >= 11 is 0. The number of benzene rings is 1. The molecule has 0 saturated carbocycles. The van der Waals surface area contributed by atoms with E-state index in [1.165, 1.54) is 9.96 Å². The van der Waals surface area contributed by atoms with Crippen LogP contribution < -0.4 is 34.7 Å². The molecule has 3 rings (SSSR count). The zero-order valence-corrected chi connectivity index (χ0v) is 13.9. The number of hydroxylamine groups is 2. The van der Waals surface area contributed by atoms with E-state index in [0.29, 0.717) is 26.0 Å². The topological polar surface area (TPSA) is 72.9 Å². The van der Waals surface area contributed by atoms with E-state index in [1.54, 1.807) is 0 Å². The molecule has 1 aromatic rings. The number of rotatable bonds is 4. The minimum absolute atomic E-state index is 0. The first-order chi connectivity index (χ1) is 9.66. The molecule has 21 heavy (non-hydrogen) atoms. The molecule has 0 radical (unpaired) electrons. The van der Waals surface area contributed by atoms with E-state index >= 15 is 0 Å². The van der Waals surface area contributed by atoms with Crippen LogP contribution in [0, 0.1) is 0 Å². The van der Waals surface area contributed by atoms with Crippen LogP contribution in [-0.2, 0) is 16.2 Å². The fourth-order valence-corrected chi connectivity index (χ4v) is 2.76. The Morgan fingerprint density at radius 1 is 1.29 bits per heavy atom. The van der Waals surface area contributed by atoms with Gasteiger partial charge in [-0.2, -0.15) is 5.06 Å². The summed E-state index contributed by atoms with van der Waals surface area (Å²) in [6.07, 6.45) is 1.04. The average molecular weight is 298 g/mol. The van der Waals surface area contributed by atoms with Crippen molar-refractivity contribution in [2.24, 2.45) is 0 Å². The summed E-state index contributed by atoms with van der Waals surface area (Å²) < 4.78 is 0. The van der Waals surface area contributed by atoms with Crippen molar-refractivity contribution in [3.05, 3.63) is 35.9 Å². The van der Waals surface area contributed by atoms with E-state index in [-0.39, 0.29) is 41.6 Å². The molecular weight excluding hydrogens is 283 g/mol. The predicted molar refractivity (Wildman–Crippen MR) is 67.0 cm³/mol. The second-order valence-corrected chi connectivity index (χ2v) is 5.09. The molecule has 7 heteroatoms. The molecule has 0 aromatic heterocycles. The van der Waals surface area contributed by atoms with Crippen molar-refractivity contribution in [1.82, 2.24) is 9.96 Å². The zero-order valence-electron chi connectivity index (χ0n) is 11.9. The van der Waals surface area contributed by atoms with Gasteiger partial charge in [0.15, 0.2) is 0 Å². The SMILES string of the molecule is O=C([O-])C1CCC2CN1C(=O)N2OCc1ccccc1.[Na+]. The molecule has 2 atom stereocenters. The van der Waals surface area contributed by atoms with E-state index in [0.717, 1.165) is 5.56 Å². The summed E-state index contributed by atoms with van der Waals surface area (Å²) in [6, 6.07) is 8.27. The van der Waals surface area contributed by atoms with E-state index < -0.39 is 12.0 Å². The molecule has 0 spiro atoms. The number of urea groups is 1. The Bertz CT molecular complexity index is 525. The van der Waals surface area contributed by atoms with Crippen molar-refractivity contribution in [3.8, 4) is 0 Å². The summed E-state index contributed by atoms with van der Waals surface area (Å²) in [5, 5.41) is 12.3. The largest absolute Gasteiger partial charge is 1.00 e. The zero-order chi connectivity index (χ0) is 14.1. The molecule has 2 fully saturated rings. The molecule has 2 bridgehead atoms. The molecule has 2 saturated heterocycles. The fourth-order valence-electron chi connectivity index (χ4n) is 2.76. The third-order valence-electron chi connectivity index (χ3n) is 3.81. The molecule has 1 aromatic carbocycles. The van der Waals surface area contributed by atoms with Crippen molar-refractivity contribution in [3.63, 3.8) is 0 Å². The van der Waals surface area contributed by atoms with Gasteiger partial charge < -0.3 is 14.8 Å². The molecule has 2 heterocycles. The maximum Gasteiger partial charge on any atom is 1.00 e. The third kappa shape index (κ3) is 3.23. The third-order valence-corrected chi connectivity index (χ3v) is 3.81. The number of hydrogen-bond acceptors (Lipinski definition) is 4. The summed E-state index contributed by atoms with van der Waals surface area (Å²) in [6.45, 7) is 0.694. The summed E-state index contributed by atoms with van der Waals surface area (Å²) in [5.74, 6) is -1.19. The van der Waals surface area contributed by atoms with Crippen LogP contribution >= 0.6 is 0 Å². The van der Waals surface area contributed by atoms with E-state index in [4.69, 9.17) is 4.84 Å². The van der Waals surface area contributed by atoms with Crippen molar-refractivity contribution in [1.29, 1.82) is 0 Å². The van der Waals surface area contributed by atoms with Gasteiger partial charge in [0.05, 0.1) is 18.1 Å². The molecule has 2 amide bonds. The molecule has 6 nitrogen and oxygen atoms in total. The first-order valence-corrected chi connectivity index (χ1v) is 6.64. The van der Waals surface area contributed by atoms with Crippen molar-refractivity contribution >= 4 is 12.0 Å². The Morgan fingerprint density at radius 2 is 2.00 bits per heavy atom. The molecule has 106 valence electrons. The van der Waals surface area contributed by atoms with Gasteiger partial charge >= 0.3 is 35.6 Å². The van der Waals surface area contributed by atoms with Crippen molar-refractivity contribution in [2.45, 2.75) is 31.5 Å². The van der Waals surface area contributed by atoms with Gasteiger partial charge in [0.1, 0.15) is 6.61 Å². The van der Waals surface area contributed by atoms with E-state index in [9.17, 15) is 14.7 Å². The first kappa shape index (κ1) is 16.3. The molecule has 2 aliphatic heterocycles. The summed E-state index contributed by atoms with van der Waals surface area (Å²) in [7, 11) is 0. The van der Waals surface area contributed by atoms with Crippen LogP contribution in [0.3, 0.4) is 0 Å². The van der Waals surface area contributed by atoms with Crippen molar-refractivity contribution < 1.29 is 49.1 Å². The monoisotopic (exact) mass is 298 g/mol. The molecule has 2 aliphatic rings. The van der Waals surface area contributed by atoms with Gasteiger partial charge in [-0.05, 0) is 18.4 Å². The van der Waals surface area contributed by atoms with Crippen LogP contribution in [0.25, 0.3) is 0 Å². The van der Waals surface area contributed by atoms with Gasteiger partial charge in [0.25, 0.3) is 0 Å². The number of carbonyl (C=O) groups excluding carboxylic acids is 2. The number of fused-ring (bicyclic) bond motifs is 2. The second kappa shape index (κ2) is 6.79. The number of piperidine rings is 1.